The first-order chi connectivity index (χ1) is 12.7. The van der Waals surface area contributed by atoms with Crippen LogP contribution in [-0.2, 0) is 21.5 Å². The molecule has 9 heteroatoms. The van der Waals surface area contributed by atoms with Crippen molar-refractivity contribution in [3.63, 3.8) is 0 Å². The van der Waals surface area contributed by atoms with Gasteiger partial charge in [0.1, 0.15) is 0 Å². The fraction of sp³-hybridized carbons (Fsp3) is 0.222. The summed E-state index contributed by atoms with van der Waals surface area (Å²) in [6.07, 6.45) is 0.819. The van der Waals surface area contributed by atoms with Crippen molar-refractivity contribution < 1.29 is 52.1 Å². The van der Waals surface area contributed by atoms with Gasteiger partial charge in [0.25, 0.3) is 0 Å². The molecule has 0 aliphatic carbocycles. The zero-order valence-corrected chi connectivity index (χ0v) is 16.9. The van der Waals surface area contributed by atoms with Gasteiger partial charge in [0, 0.05) is 6.42 Å². The molecular weight excluding hydrogens is 496 g/mol. The van der Waals surface area contributed by atoms with E-state index >= 15 is 0 Å². The monoisotopic (exact) mass is 512 g/mol. The summed E-state index contributed by atoms with van der Waals surface area (Å²) >= 11 is -0.157. The predicted molar refractivity (Wildman–Crippen MR) is 89.4 cm³/mol. The fourth-order valence-electron chi connectivity index (χ4n) is 1.50. The van der Waals surface area contributed by atoms with E-state index in [2.05, 4.69) is 46.2 Å². The van der Waals surface area contributed by atoms with Gasteiger partial charge in [-0.25, -0.2) is 8.42 Å². The predicted octanol–water partition coefficient (Wildman–Crippen LogP) is 0.564. The summed E-state index contributed by atoms with van der Waals surface area (Å²) in [6, 6.07) is 20.7. The minimum absolute atomic E-state index is 0.157. The van der Waals surface area contributed by atoms with Gasteiger partial charge >= 0.3 is 26.7 Å². The Morgan fingerprint density at radius 1 is 1.00 bits per heavy atom. The van der Waals surface area contributed by atoms with Crippen LogP contribution in [-0.4, -0.2) is 25.1 Å². The lowest BCUT2D eigenvalue weighted by atomic mass is 10.2. The molecule has 0 bridgehead atoms. The summed E-state index contributed by atoms with van der Waals surface area (Å²) in [5.74, 6) is 3.19. The van der Waals surface area contributed by atoms with Crippen LogP contribution in [0.1, 0.15) is 12.0 Å². The Hall–Kier alpha value is -1.61. The minimum atomic E-state index is -6.09. The maximum atomic E-state index is 10.7. The fourth-order valence-corrected chi connectivity index (χ4v) is 3.05. The largest absolute Gasteiger partial charge is 0.741 e. The van der Waals surface area contributed by atoms with Crippen LogP contribution in [0.15, 0.2) is 60.7 Å². The van der Waals surface area contributed by atoms with Crippen molar-refractivity contribution in [1.82, 2.24) is 0 Å². The molecule has 0 spiro atoms. The molecule has 0 saturated carbocycles. The Balaban J connectivity index is 0.000000387. The van der Waals surface area contributed by atoms with E-state index in [1.807, 2.05) is 24.3 Å². The normalized spacial score (nSPS) is 11.0. The molecule has 0 aliphatic heterocycles. The number of hydrogen-bond acceptors (Lipinski definition) is 4. The molecule has 0 N–H and O–H groups in total. The second-order valence-electron chi connectivity index (χ2n) is 4.85. The highest BCUT2D eigenvalue weighted by atomic mass is 127. The molecule has 27 heavy (non-hydrogen) atoms. The molecule has 0 atom stereocenters. The molecule has 4 nitrogen and oxygen atoms in total. The lowest BCUT2D eigenvalue weighted by molar-refractivity contribution is -0.535. The number of benzene rings is 2. The molecule has 0 fully saturated rings. The van der Waals surface area contributed by atoms with E-state index in [4.69, 9.17) is 17.7 Å². The van der Waals surface area contributed by atoms with Crippen LogP contribution < -0.4 is 21.2 Å². The van der Waals surface area contributed by atoms with Crippen LogP contribution in [0.3, 0.4) is 0 Å². The number of alkyl halides is 3. The van der Waals surface area contributed by atoms with Gasteiger partial charge in [-0.05, 0) is 23.6 Å². The smallest absolute Gasteiger partial charge is 0.485 e. The molecule has 146 valence electrons. The molecule has 0 radical (unpaired) electrons. The average molecular weight is 512 g/mol. The Morgan fingerprint density at radius 2 is 1.52 bits per heavy atom. The summed E-state index contributed by atoms with van der Waals surface area (Å²) < 4.78 is 69.1. The third-order valence-electron chi connectivity index (χ3n) is 2.72. The average Bonchev–Trinajstić information content (AvgIpc) is 2.61. The standard InChI is InChI=1S/C17H16IO.CHF3O3S/c1-3-9-16(10-4-1)15-19-14-8-7-13-18-17-11-5-2-6-12-17;2-1(3,4)8(5,6)7/h1-6,9-12H,8,14-15H2;(H,5,6,7)/q+1;/p-1. The van der Waals surface area contributed by atoms with Crippen LogP contribution in [0.4, 0.5) is 13.2 Å². The zero-order chi connectivity index (χ0) is 20.2. The van der Waals surface area contributed by atoms with Crippen molar-refractivity contribution in [2.45, 2.75) is 18.5 Å². The van der Waals surface area contributed by atoms with Gasteiger partial charge in [-0.1, -0.05) is 48.5 Å². The van der Waals surface area contributed by atoms with Gasteiger partial charge in [0.05, 0.1) is 13.2 Å². The van der Waals surface area contributed by atoms with Crippen molar-refractivity contribution in [3.8, 4) is 9.85 Å². The minimum Gasteiger partial charge on any atom is -0.741 e. The first-order valence-electron chi connectivity index (χ1n) is 7.50. The van der Waals surface area contributed by atoms with Crippen molar-refractivity contribution >= 4 is 10.1 Å². The topological polar surface area (TPSA) is 66.4 Å². The zero-order valence-electron chi connectivity index (χ0n) is 13.9. The highest BCUT2D eigenvalue weighted by Crippen LogP contribution is 2.20. The van der Waals surface area contributed by atoms with Crippen molar-refractivity contribution in [1.29, 1.82) is 0 Å². The lowest BCUT2D eigenvalue weighted by Crippen LogP contribution is -3.59. The van der Waals surface area contributed by atoms with Gasteiger partial charge in [-0.3, -0.25) is 0 Å². The van der Waals surface area contributed by atoms with Crippen molar-refractivity contribution in [2.24, 2.45) is 0 Å². The summed E-state index contributed by atoms with van der Waals surface area (Å²) in [5, 5.41) is 0. The van der Waals surface area contributed by atoms with E-state index in [1.54, 1.807) is 0 Å². The maximum absolute atomic E-state index is 10.7. The van der Waals surface area contributed by atoms with Crippen LogP contribution in [0.25, 0.3) is 0 Å². The second kappa shape index (κ2) is 12.0. The van der Waals surface area contributed by atoms with E-state index in [0.717, 1.165) is 6.42 Å². The van der Waals surface area contributed by atoms with E-state index in [1.165, 1.54) is 9.13 Å². The quantitative estimate of drug-likeness (QED) is 0.193. The SMILES string of the molecule is C(#C[I+]c1ccccc1)CCOCc1ccccc1.O=S(=O)([O-])C(F)(F)F. The third-order valence-corrected chi connectivity index (χ3v) is 5.28. The molecule has 2 aromatic carbocycles. The Kier molecular flexibility index (Phi) is 10.4. The number of rotatable bonds is 5. The van der Waals surface area contributed by atoms with Crippen LogP contribution >= 0.6 is 0 Å². The van der Waals surface area contributed by atoms with Gasteiger partial charge < -0.3 is 9.29 Å². The molecule has 2 rings (SSSR count). The first kappa shape index (κ1) is 23.4. The van der Waals surface area contributed by atoms with Gasteiger partial charge in [-0.2, -0.15) is 13.2 Å². The van der Waals surface area contributed by atoms with Gasteiger partial charge in [0.15, 0.2) is 14.0 Å². The number of ether oxygens (including phenoxy) is 1. The Bertz CT molecular complexity index is 830. The lowest BCUT2D eigenvalue weighted by Gasteiger charge is -2.08. The molecular formula is C18H16F3IO4S. The van der Waals surface area contributed by atoms with E-state index in [0.29, 0.717) is 13.2 Å². The molecule has 0 aromatic heterocycles. The summed E-state index contributed by atoms with van der Waals surface area (Å²) in [7, 11) is -6.09. The van der Waals surface area contributed by atoms with Crippen LogP contribution in [0.2, 0.25) is 0 Å². The number of halogens is 4. The molecule has 2 aromatic rings. The molecule has 0 saturated heterocycles. The summed E-state index contributed by atoms with van der Waals surface area (Å²) in [4.78, 5) is 0. The Morgan fingerprint density at radius 3 is 2.04 bits per heavy atom. The highest BCUT2D eigenvalue weighted by molar-refractivity contribution is 7.86. The van der Waals surface area contributed by atoms with Gasteiger partial charge in [0.2, 0.25) is 3.57 Å². The molecule has 0 heterocycles. The van der Waals surface area contributed by atoms with Crippen molar-refractivity contribution in [3.05, 3.63) is 69.8 Å². The van der Waals surface area contributed by atoms with E-state index in [-0.39, 0.29) is 21.2 Å². The molecule has 0 amide bonds. The van der Waals surface area contributed by atoms with Gasteiger partial charge in [-0.15, -0.1) is 0 Å². The molecule has 0 unspecified atom stereocenters. The van der Waals surface area contributed by atoms with Crippen molar-refractivity contribution in [2.75, 3.05) is 6.61 Å². The molecule has 0 aliphatic rings. The van der Waals surface area contributed by atoms with E-state index in [9.17, 15) is 13.2 Å². The Labute approximate surface area is 166 Å². The number of hydrogen-bond donors (Lipinski definition) is 0. The maximum Gasteiger partial charge on any atom is 0.485 e. The first-order valence-corrected chi connectivity index (χ1v) is 11.1. The highest BCUT2D eigenvalue weighted by Gasteiger charge is 2.36. The summed E-state index contributed by atoms with van der Waals surface area (Å²) in [5.41, 5.74) is -4.43. The van der Waals surface area contributed by atoms with Crippen LogP contribution in [0, 0.1) is 13.4 Å². The van der Waals surface area contributed by atoms with Crippen LogP contribution in [0.5, 0.6) is 0 Å². The third kappa shape index (κ3) is 11.0. The van der Waals surface area contributed by atoms with E-state index < -0.39 is 15.6 Å². The second-order valence-corrected chi connectivity index (χ2v) is 8.54. The summed E-state index contributed by atoms with van der Waals surface area (Å²) in [6.45, 7) is 1.39.